The van der Waals surface area contributed by atoms with Crippen molar-refractivity contribution in [2.45, 2.75) is 45.1 Å². The molecule has 32 heavy (non-hydrogen) atoms. The lowest BCUT2D eigenvalue weighted by atomic mass is 9.99. The number of aromatic amines is 1. The molecule has 3 rings (SSSR count). The lowest BCUT2D eigenvalue weighted by Crippen LogP contribution is -2.45. The van der Waals surface area contributed by atoms with Crippen molar-refractivity contribution in [3.8, 4) is 0 Å². The van der Waals surface area contributed by atoms with Gasteiger partial charge in [0.15, 0.2) is 0 Å². The summed E-state index contributed by atoms with van der Waals surface area (Å²) in [7, 11) is -4.01. The summed E-state index contributed by atoms with van der Waals surface area (Å²) in [5, 5.41) is 3.42. The second kappa shape index (κ2) is 10.1. The molecule has 1 saturated heterocycles. The van der Waals surface area contributed by atoms with E-state index in [-0.39, 0.29) is 42.6 Å². The van der Waals surface area contributed by atoms with E-state index in [1.165, 1.54) is 4.31 Å². The van der Waals surface area contributed by atoms with Gasteiger partial charge in [-0.3, -0.25) is 4.79 Å². The summed E-state index contributed by atoms with van der Waals surface area (Å²) in [6.45, 7) is 5.65. The number of rotatable bonds is 7. The van der Waals surface area contributed by atoms with Crippen LogP contribution in [0, 0.1) is 19.8 Å². The predicted octanol–water partition coefficient (Wildman–Crippen LogP) is 3.18. The van der Waals surface area contributed by atoms with Crippen LogP contribution in [0.5, 0.6) is 0 Å². The number of amides is 1. The number of nitrogens with zero attached hydrogens (tertiary/aromatic N) is 1. The number of sulfonamides is 1. The Morgan fingerprint density at radius 2 is 1.97 bits per heavy atom. The quantitative estimate of drug-likeness (QED) is 0.590. The molecule has 0 radical (unpaired) electrons. The molecule has 0 saturated carbocycles. The predicted molar refractivity (Wildman–Crippen MR) is 121 cm³/mol. The van der Waals surface area contributed by atoms with Gasteiger partial charge in [-0.15, -0.1) is 0 Å². The average Bonchev–Trinajstić information content (AvgIpc) is 3.07. The van der Waals surface area contributed by atoms with Gasteiger partial charge in [-0.2, -0.15) is 4.31 Å². The Labute approximate surface area is 193 Å². The summed E-state index contributed by atoms with van der Waals surface area (Å²) in [6, 6.07) is 7.23. The molecule has 2 N–H and O–H groups in total. The molecule has 1 aliphatic heterocycles. The summed E-state index contributed by atoms with van der Waals surface area (Å²) in [5.41, 5.74) is 1.62. The van der Waals surface area contributed by atoms with Gasteiger partial charge in [0.2, 0.25) is 15.9 Å². The standard InChI is InChI=1S/C22H28ClN3O5S/c1-4-31-22(28)19-14(2)25-15(3)20(19)32(29,30)26-11-7-9-17(13-26)21(27)24-12-16-8-5-6-10-18(16)23/h5-6,8,10,17,25H,4,7,9,11-13H2,1-3H3,(H,24,27)/t17-/m0/s1. The van der Waals surface area contributed by atoms with Crippen molar-refractivity contribution in [1.82, 2.24) is 14.6 Å². The van der Waals surface area contributed by atoms with Crippen LogP contribution in [-0.2, 0) is 26.1 Å². The Kier molecular flexibility index (Phi) is 7.63. The minimum atomic E-state index is -4.01. The molecule has 10 heteroatoms. The Morgan fingerprint density at radius 3 is 2.66 bits per heavy atom. The van der Waals surface area contributed by atoms with Crippen LogP contribution in [0.2, 0.25) is 5.02 Å². The fraction of sp³-hybridized carbons (Fsp3) is 0.455. The van der Waals surface area contributed by atoms with Gasteiger partial charge >= 0.3 is 5.97 Å². The maximum Gasteiger partial charge on any atom is 0.341 e. The van der Waals surface area contributed by atoms with E-state index in [0.717, 1.165) is 5.56 Å². The molecule has 0 bridgehead atoms. The molecule has 0 unspecified atom stereocenters. The van der Waals surface area contributed by atoms with Crippen LogP contribution in [-0.4, -0.2) is 49.3 Å². The summed E-state index contributed by atoms with van der Waals surface area (Å²) >= 11 is 6.14. The first-order valence-electron chi connectivity index (χ1n) is 10.5. The van der Waals surface area contributed by atoms with Crippen molar-refractivity contribution in [2.75, 3.05) is 19.7 Å². The normalized spacial score (nSPS) is 17.2. The number of carbonyl (C=O) groups excluding carboxylic acids is 2. The van der Waals surface area contributed by atoms with Crippen molar-refractivity contribution in [3.63, 3.8) is 0 Å². The van der Waals surface area contributed by atoms with E-state index in [9.17, 15) is 18.0 Å². The van der Waals surface area contributed by atoms with E-state index in [1.54, 1.807) is 26.8 Å². The van der Waals surface area contributed by atoms with Crippen LogP contribution in [0.1, 0.15) is 47.1 Å². The maximum absolute atomic E-state index is 13.5. The highest BCUT2D eigenvalue weighted by molar-refractivity contribution is 7.89. The average molecular weight is 482 g/mol. The molecule has 2 aromatic rings. The van der Waals surface area contributed by atoms with Crippen molar-refractivity contribution < 1.29 is 22.7 Å². The summed E-state index contributed by atoms with van der Waals surface area (Å²) < 4.78 is 33.3. The van der Waals surface area contributed by atoms with Crippen LogP contribution >= 0.6 is 11.6 Å². The van der Waals surface area contributed by atoms with Gasteiger partial charge in [-0.1, -0.05) is 29.8 Å². The van der Waals surface area contributed by atoms with Crippen molar-refractivity contribution in [1.29, 1.82) is 0 Å². The van der Waals surface area contributed by atoms with Crippen LogP contribution in [0.3, 0.4) is 0 Å². The molecule has 1 aromatic carbocycles. The summed E-state index contributed by atoms with van der Waals surface area (Å²) in [4.78, 5) is 28.1. The fourth-order valence-electron chi connectivity index (χ4n) is 4.00. The third-order valence-corrected chi connectivity index (χ3v) is 7.97. The number of aromatic nitrogens is 1. The van der Waals surface area contributed by atoms with Gasteiger partial charge in [0.05, 0.1) is 12.5 Å². The van der Waals surface area contributed by atoms with E-state index in [1.807, 2.05) is 18.2 Å². The Hall–Kier alpha value is -2.36. The number of nitrogens with one attached hydrogen (secondary N) is 2. The summed E-state index contributed by atoms with van der Waals surface area (Å²) in [5.74, 6) is -1.40. The molecule has 174 valence electrons. The number of esters is 1. The lowest BCUT2D eigenvalue weighted by molar-refractivity contribution is -0.126. The van der Waals surface area contributed by atoms with Gasteiger partial charge in [-0.25, -0.2) is 13.2 Å². The Bertz CT molecular complexity index is 1110. The summed E-state index contributed by atoms with van der Waals surface area (Å²) in [6.07, 6.45) is 1.12. The number of carbonyl (C=O) groups is 2. The minimum Gasteiger partial charge on any atom is -0.462 e. The van der Waals surface area contributed by atoms with Crippen molar-refractivity contribution in [3.05, 3.63) is 51.8 Å². The lowest BCUT2D eigenvalue weighted by Gasteiger charge is -2.31. The zero-order valence-corrected chi connectivity index (χ0v) is 20.0. The third-order valence-electron chi connectivity index (χ3n) is 5.56. The number of hydrogen-bond acceptors (Lipinski definition) is 5. The molecule has 1 atom stereocenters. The number of ether oxygens (including phenoxy) is 1. The van der Waals surface area contributed by atoms with Gasteiger partial charge in [-0.05, 0) is 45.2 Å². The number of aryl methyl sites for hydroxylation is 2. The second-order valence-electron chi connectivity index (χ2n) is 7.81. The first kappa shape index (κ1) is 24.3. The first-order valence-corrected chi connectivity index (χ1v) is 12.4. The van der Waals surface area contributed by atoms with E-state index in [0.29, 0.717) is 29.3 Å². The Balaban J connectivity index is 1.78. The molecule has 1 aromatic heterocycles. The zero-order valence-electron chi connectivity index (χ0n) is 18.4. The number of H-pyrrole nitrogens is 1. The van der Waals surface area contributed by atoms with Gasteiger partial charge in [0, 0.05) is 36.0 Å². The highest BCUT2D eigenvalue weighted by atomic mass is 35.5. The van der Waals surface area contributed by atoms with E-state index in [2.05, 4.69) is 10.3 Å². The molecular formula is C22H28ClN3O5S. The Morgan fingerprint density at radius 1 is 1.25 bits per heavy atom. The molecule has 0 spiro atoms. The maximum atomic E-state index is 13.5. The first-order chi connectivity index (χ1) is 15.2. The number of hydrogen-bond donors (Lipinski definition) is 2. The fourth-order valence-corrected chi connectivity index (χ4v) is 6.14. The highest BCUT2D eigenvalue weighted by Crippen LogP contribution is 2.30. The van der Waals surface area contributed by atoms with Gasteiger partial charge < -0.3 is 15.0 Å². The second-order valence-corrected chi connectivity index (χ2v) is 10.1. The molecule has 8 nitrogen and oxygen atoms in total. The van der Waals surface area contributed by atoms with Crippen molar-refractivity contribution in [2.24, 2.45) is 5.92 Å². The van der Waals surface area contributed by atoms with Crippen molar-refractivity contribution >= 4 is 33.5 Å². The van der Waals surface area contributed by atoms with Gasteiger partial charge in [0.1, 0.15) is 10.5 Å². The highest BCUT2D eigenvalue weighted by Gasteiger charge is 2.38. The van der Waals surface area contributed by atoms with E-state index < -0.39 is 21.9 Å². The molecule has 1 aliphatic rings. The monoisotopic (exact) mass is 481 g/mol. The number of halogens is 1. The minimum absolute atomic E-state index is 0.0228. The van der Waals surface area contributed by atoms with Gasteiger partial charge in [0.25, 0.3) is 0 Å². The zero-order chi connectivity index (χ0) is 23.5. The van der Waals surface area contributed by atoms with Crippen LogP contribution < -0.4 is 5.32 Å². The molecule has 1 fully saturated rings. The van der Waals surface area contributed by atoms with Crippen LogP contribution in [0.25, 0.3) is 0 Å². The molecular weight excluding hydrogens is 454 g/mol. The molecule has 2 heterocycles. The molecule has 0 aliphatic carbocycles. The van der Waals surface area contributed by atoms with E-state index in [4.69, 9.17) is 16.3 Å². The number of piperidine rings is 1. The number of benzene rings is 1. The smallest absolute Gasteiger partial charge is 0.341 e. The molecule has 1 amide bonds. The van der Waals surface area contributed by atoms with E-state index >= 15 is 0 Å². The van der Waals surface area contributed by atoms with Crippen LogP contribution in [0.4, 0.5) is 0 Å². The third kappa shape index (κ3) is 5.00. The SMILES string of the molecule is CCOC(=O)c1c(C)[nH]c(C)c1S(=O)(=O)N1CCC[C@H](C(=O)NCc2ccccc2Cl)C1. The largest absolute Gasteiger partial charge is 0.462 e. The van der Waals surface area contributed by atoms with Crippen LogP contribution in [0.15, 0.2) is 29.2 Å². The topological polar surface area (TPSA) is 109 Å².